The summed E-state index contributed by atoms with van der Waals surface area (Å²) in [5.41, 5.74) is 0. The zero-order valence-electron chi connectivity index (χ0n) is 13.9. The number of ether oxygens (including phenoxy) is 2. The molecule has 0 aromatic carbocycles. The minimum absolute atomic E-state index is 0.0930. The van der Waals surface area contributed by atoms with E-state index in [4.69, 9.17) is 9.47 Å². The van der Waals surface area contributed by atoms with Crippen LogP contribution < -0.4 is 0 Å². The van der Waals surface area contributed by atoms with E-state index in [1.807, 2.05) is 28.8 Å². The molecule has 3 heterocycles. The van der Waals surface area contributed by atoms with Crippen molar-refractivity contribution in [2.24, 2.45) is 0 Å². The Labute approximate surface area is 137 Å². The zero-order valence-corrected chi connectivity index (χ0v) is 13.9. The lowest BCUT2D eigenvalue weighted by molar-refractivity contribution is -0.147. The Morgan fingerprint density at radius 2 is 2.30 bits per heavy atom. The van der Waals surface area contributed by atoms with E-state index in [0.717, 1.165) is 45.4 Å². The molecule has 0 spiro atoms. The van der Waals surface area contributed by atoms with Crippen molar-refractivity contribution in [3.63, 3.8) is 0 Å². The molecule has 0 aliphatic carbocycles. The Hall–Kier alpha value is -1.40. The largest absolute Gasteiger partial charge is 0.376 e. The van der Waals surface area contributed by atoms with E-state index in [9.17, 15) is 4.79 Å². The SMILES string of the molecule is C[C@H](OC[C@@H]1CCCCO1)C(=O)N1CCC[C@@H]1Cn1cccn1. The molecule has 128 valence electrons. The standard InChI is InChI=1S/C17H27N3O3/c1-14(23-13-16-7-2-3-11-22-16)17(21)20-10-4-6-15(20)12-19-9-5-8-18-19/h5,8-9,14-16H,2-4,6-7,10-13H2,1H3/t14-,15+,16-/m0/s1. The van der Waals surface area contributed by atoms with E-state index in [1.54, 1.807) is 6.20 Å². The van der Waals surface area contributed by atoms with Crippen LogP contribution in [0.4, 0.5) is 0 Å². The van der Waals surface area contributed by atoms with Crippen molar-refractivity contribution >= 4 is 5.91 Å². The molecular formula is C17H27N3O3. The molecule has 6 heteroatoms. The van der Waals surface area contributed by atoms with Crippen LogP contribution in [0.25, 0.3) is 0 Å². The van der Waals surface area contributed by atoms with E-state index in [-0.39, 0.29) is 18.1 Å². The summed E-state index contributed by atoms with van der Waals surface area (Å²) in [4.78, 5) is 14.7. The zero-order chi connectivity index (χ0) is 16.1. The normalized spacial score (nSPS) is 26.4. The molecular weight excluding hydrogens is 294 g/mol. The van der Waals surface area contributed by atoms with Crippen LogP contribution in [0.1, 0.15) is 39.0 Å². The van der Waals surface area contributed by atoms with Crippen LogP contribution in [0.15, 0.2) is 18.5 Å². The van der Waals surface area contributed by atoms with Gasteiger partial charge in [-0.15, -0.1) is 0 Å². The fourth-order valence-corrected chi connectivity index (χ4v) is 3.44. The van der Waals surface area contributed by atoms with E-state index in [2.05, 4.69) is 5.10 Å². The topological polar surface area (TPSA) is 56.6 Å². The lowest BCUT2D eigenvalue weighted by Crippen LogP contribution is -2.44. The summed E-state index contributed by atoms with van der Waals surface area (Å²) in [6, 6.07) is 2.14. The summed E-state index contributed by atoms with van der Waals surface area (Å²) in [7, 11) is 0. The van der Waals surface area contributed by atoms with Gasteiger partial charge in [0.25, 0.3) is 5.91 Å². The maximum atomic E-state index is 12.7. The van der Waals surface area contributed by atoms with Crippen LogP contribution in [0, 0.1) is 0 Å². The minimum atomic E-state index is -0.404. The molecule has 0 bridgehead atoms. The summed E-state index contributed by atoms with van der Waals surface area (Å²) in [6.45, 7) is 4.77. The van der Waals surface area contributed by atoms with Gasteiger partial charge in [-0.1, -0.05) is 0 Å². The number of amides is 1. The number of hydrogen-bond acceptors (Lipinski definition) is 4. The molecule has 2 saturated heterocycles. The molecule has 2 aliphatic heterocycles. The first-order valence-electron chi connectivity index (χ1n) is 8.75. The monoisotopic (exact) mass is 321 g/mol. The summed E-state index contributed by atoms with van der Waals surface area (Å²) >= 11 is 0. The molecule has 1 amide bonds. The first-order chi connectivity index (χ1) is 11.2. The molecule has 0 unspecified atom stereocenters. The van der Waals surface area contributed by atoms with Crippen LogP contribution >= 0.6 is 0 Å². The Morgan fingerprint density at radius 1 is 1.39 bits per heavy atom. The van der Waals surface area contributed by atoms with Crippen molar-refractivity contribution in [3.8, 4) is 0 Å². The summed E-state index contributed by atoms with van der Waals surface area (Å²) < 4.78 is 13.4. The molecule has 0 radical (unpaired) electrons. The van der Waals surface area contributed by atoms with Crippen LogP contribution in [0.5, 0.6) is 0 Å². The van der Waals surface area contributed by atoms with E-state index in [0.29, 0.717) is 6.61 Å². The number of carbonyl (C=O) groups is 1. The molecule has 2 fully saturated rings. The van der Waals surface area contributed by atoms with Crippen molar-refractivity contribution < 1.29 is 14.3 Å². The van der Waals surface area contributed by atoms with Gasteiger partial charge in [-0.2, -0.15) is 5.10 Å². The Morgan fingerprint density at radius 3 is 3.04 bits per heavy atom. The Balaban J connectivity index is 1.49. The number of rotatable bonds is 6. The maximum absolute atomic E-state index is 12.7. The lowest BCUT2D eigenvalue weighted by Gasteiger charge is -2.29. The van der Waals surface area contributed by atoms with Gasteiger partial charge in [0.05, 0.1) is 25.3 Å². The second-order valence-electron chi connectivity index (χ2n) is 6.52. The van der Waals surface area contributed by atoms with Gasteiger partial charge in [-0.05, 0) is 45.1 Å². The smallest absolute Gasteiger partial charge is 0.251 e. The third kappa shape index (κ3) is 4.32. The highest BCUT2D eigenvalue weighted by atomic mass is 16.5. The first-order valence-corrected chi connectivity index (χ1v) is 8.75. The molecule has 1 aromatic heterocycles. The molecule has 3 atom stereocenters. The summed E-state index contributed by atoms with van der Waals surface area (Å²) in [6.07, 6.45) is 8.91. The molecule has 2 aliphatic rings. The molecule has 0 N–H and O–H groups in total. The highest BCUT2D eigenvalue weighted by Crippen LogP contribution is 2.21. The van der Waals surface area contributed by atoms with E-state index in [1.165, 1.54) is 6.42 Å². The Bertz CT molecular complexity index is 485. The quantitative estimate of drug-likeness (QED) is 0.802. The molecule has 3 rings (SSSR count). The average molecular weight is 321 g/mol. The van der Waals surface area contributed by atoms with Gasteiger partial charge in [-0.3, -0.25) is 9.48 Å². The summed E-state index contributed by atoms with van der Waals surface area (Å²) in [5, 5.41) is 4.25. The van der Waals surface area contributed by atoms with Crippen LogP contribution in [0.2, 0.25) is 0 Å². The second-order valence-corrected chi connectivity index (χ2v) is 6.52. The fraction of sp³-hybridized carbons (Fsp3) is 0.765. The van der Waals surface area contributed by atoms with Crippen LogP contribution in [-0.2, 0) is 20.8 Å². The minimum Gasteiger partial charge on any atom is -0.376 e. The highest BCUT2D eigenvalue weighted by Gasteiger charge is 2.32. The average Bonchev–Trinajstić information content (AvgIpc) is 3.25. The van der Waals surface area contributed by atoms with Crippen molar-refractivity contribution in [2.45, 2.75) is 63.8 Å². The van der Waals surface area contributed by atoms with Gasteiger partial charge in [0.2, 0.25) is 0 Å². The van der Waals surface area contributed by atoms with Gasteiger partial charge in [0, 0.05) is 25.5 Å². The van der Waals surface area contributed by atoms with E-state index < -0.39 is 6.10 Å². The Kier molecular flexibility index (Phi) is 5.67. The van der Waals surface area contributed by atoms with Gasteiger partial charge in [-0.25, -0.2) is 0 Å². The van der Waals surface area contributed by atoms with Crippen LogP contribution in [0.3, 0.4) is 0 Å². The van der Waals surface area contributed by atoms with Crippen molar-refractivity contribution in [3.05, 3.63) is 18.5 Å². The van der Waals surface area contributed by atoms with Gasteiger partial charge in [0.15, 0.2) is 0 Å². The number of nitrogens with zero attached hydrogens (tertiary/aromatic N) is 3. The van der Waals surface area contributed by atoms with Crippen LogP contribution in [-0.4, -0.2) is 58.6 Å². The van der Waals surface area contributed by atoms with Crippen molar-refractivity contribution in [1.82, 2.24) is 14.7 Å². The highest BCUT2D eigenvalue weighted by molar-refractivity contribution is 5.81. The predicted molar refractivity (Wildman–Crippen MR) is 86.0 cm³/mol. The van der Waals surface area contributed by atoms with Gasteiger partial charge >= 0.3 is 0 Å². The number of carbonyl (C=O) groups excluding carboxylic acids is 1. The lowest BCUT2D eigenvalue weighted by atomic mass is 10.1. The van der Waals surface area contributed by atoms with Crippen molar-refractivity contribution in [1.29, 1.82) is 0 Å². The number of likely N-dealkylation sites (tertiary alicyclic amines) is 1. The summed E-state index contributed by atoms with van der Waals surface area (Å²) in [5.74, 6) is 0.0930. The second kappa shape index (κ2) is 7.93. The molecule has 1 aromatic rings. The molecule has 23 heavy (non-hydrogen) atoms. The molecule has 6 nitrogen and oxygen atoms in total. The van der Waals surface area contributed by atoms with Gasteiger partial charge in [0.1, 0.15) is 6.10 Å². The van der Waals surface area contributed by atoms with E-state index >= 15 is 0 Å². The van der Waals surface area contributed by atoms with Crippen molar-refractivity contribution in [2.75, 3.05) is 19.8 Å². The third-order valence-electron chi connectivity index (χ3n) is 4.77. The molecule has 0 saturated carbocycles. The third-order valence-corrected chi connectivity index (χ3v) is 4.77. The number of hydrogen-bond donors (Lipinski definition) is 0. The predicted octanol–water partition coefficient (Wildman–Crippen LogP) is 1.85. The maximum Gasteiger partial charge on any atom is 0.251 e. The number of aromatic nitrogens is 2. The first kappa shape index (κ1) is 16.5. The van der Waals surface area contributed by atoms with Gasteiger partial charge < -0.3 is 14.4 Å². The fourth-order valence-electron chi connectivity index (χ4n) is 3.44.